The van der Waals surface area contributed by atoms with E-state index >= 15 is 0 Å². The van der Waals surface area contributed by atoms with Gasteiger partial charge in [0.05, 0.1) is 12.0 Å². The molecule has 1 aliphatic rings. The number of likely N-dealkylation sites (tertiary alicyclic amines) is 1. The number of benzene rings is 2. The molecule has 1 fully saturated rings. The lowest BCUT2D eigenvalue weighted by molar-refractivity contribution is 0.0515. The number of halogens is 1. The SMILES string of the molecule is O=C(c1cc(=O)c2cc(Cl)ccc2o1)N1CCCC(CO)(c2ccccc2)C1. The molecule has 0 bridgehead atoms. The van der Waals surface area contributed by atoms with Gasteiger partial charge in [-0.2, -0.15) is 0 Å². The zero-order chi connectivity index (χ0) is 19.7. The van der Waals surface area contributed by atoms with Crippen LogP contribution in [0.25, 0.3) is 11.0 Å². The van der Waals surface area contributed by atoms with Crippen molar-refractivity contribution < 1.29 is 14.3 Å². The van der Waals surface area contributed by atoms with Gasteiger partial charge in [-0.25, -0.2) is 0 Å². The van der Waals surface area contributed by atoms with E-state index < -0.39 is 5.41 Å². The fourth-order valence-corrected chi connectivity index (χ4v) is 4.11. The maximum absolute atomic E-state index is 13.1. The first-order valence-electron chi connectivity index (χ1n) is 9.21. The molecule has 144 valence electrons. The standard InChI is InChI=1S/C22H20ClNO4/c23-16-7-8-19-17(11-16)18(26)12-20(28-19)21(27)24-10-4-9-22(13-24,14-25)15-5-2-1-3-6-15/h1-3,5-8,11-12,25H,4,9-10,13-14H2. The average molecular weight is 398 g/mol. The highest BCUT2D eigenvalue weighted by Gasteiger charge is 2.39. The summed E-state index contributed by atoms with van der Waals surface area (Å²) in [5.74, 6) is -0.343. The molecule has 0 saturated carbocycles. The number of carbonyl (C=O) groups is 1. The Labute approximate surface area is 167 Å². The Hall–Kier alpha value is -2.63. The van der Waals surface area contributed by atoms with Gasteiger partial charge in [-0.15, -0.1) is 0 Å². The number of piperidine rings is 1. The topological polar surface area (TPSA) is 70.8 Å². The van der Waals surface area contributed by atoms with Gasteiger partial charge in [0.2, 0.25) is 0 Å². The number of rotatable bonds is 3. The van der Waals surface area contributed by atoms with E-state index in [1.807, 2.05) is 30.3 Å². The summed E-state index contributed by atoms with van der Waals surface area (Å²) >= 11 is 5.94. The molecule has 6 heteroatoms. The third-order valence-corrected chi connectivity index (χ3v) is 5.69. The molecule has 1 atom stereocenters. The van der Waals surface area contributed by atoms with Crippen LogP contribution in [0.4, 0.5) is 0 Å². The lowest BCUT2D eigenvalue weighted by Gasteiger charge is -2.42. The third-order valence-electron chi connectivity index (χ3n) is 5.45. The summed E-state index contributed by atoms with van der Waals surface area (Å²) in [5.41, 5.74) is 0.513. The number of amides is 1. The second-order valence-electron chi connectivity index (χ2n) is 7.25. The predicted octanol–water partition coefficient (Wildman–Crippen LogP) is 3.61. The summed E-state index contributed by atoms with van der Waals surface area (Å²) in [6.07, 6.45) is 1.55. The highest BCUT2D eigenvalue weighted by Crippen LogP contribution is 2.34. The lowest BCUT2D eigenvalue weighted by Crippen LogP contribution is -2.50. The Morgan fingerprint density at radius 2 is 1.96 bits per heavy atom. The van der Waals surface area contributed by atoms with E-state index in [2.05, 4.69) is 0 Å². The first-order valence-corrected chi connectivity index (χ1v) is 9.59. The van der Waals surface area contributed by atoms with E-state index in [9.17, 15) is 14.7 Å². The summed E-state index contributed by atoms with van der Waals surface area (Å²) < 4.78 is 5.71. The van der Waals surface area contributed by atoms with Gasteiger partial charge in [-0.05, 0) is 36.6 Å². The molecule has 1 aliphatic heterocycles. The fraction of sp³-hybridized carbons (Fsp3) is 0.273. The van der Waals surface area contributed by atoms with Crippen molar-refractivity contribution in [2.75, 3.05) is 19.7 Å². The van der Waals surface area contributed by atoms with E-state index in [0.717, 1.165) is 18.4 Å². The Morgan fingerprint density at radius 3 is 2.71 bits per heavy atom. The van der Waals surface area contributed by atoms with Gasteiger partial charge < -0.3 is 14.4 Å². The summed E-state index contributed by atoms with van der Waals surface area (Å²) in [5, 5.41) is 10.9. The molecule has 1 amide bonds. The monoisotopic (exact) mass is 397 g/mol. The van der Waals surface area contributed by atoms with E-state index in [4.69, 9.17) is 16.0 Å². The van der Waals surface area contributed by atoms with Crippen LogP contribution in [0.5, 0.6) is 0 Å². The number of aliphatic hydroxyl groups excluding tert-OH is 1. The molecule has 1 N–H and O–H groups in total. The molecule has 5 nitrogen and oxygen atoms in total. The number of aliphatic hydroxyl groups is 1. The van der Waals surface area contributed by atoms with Gasteiger partial charge in [0.1, 0.15) is 5.58 Å². The molecule has 1 aromatic heterocycles. The third kappa shape index (κ3) is 3.32. The molecule has 3 aromatic rings. The van der Waals surface area contributed by atoms with Crippen LogP contribution in [0.15, 0.2) is 63.8 Å². The van der Waals surface area contributed by atoms with Gasteiger partial charge in [0.15, 0.2) is 11.2 Å². The predicted molar refractivity (Wildman–Crippen MR) is 108 cm³/mol. The Morgan fingerprint density at radius 1 is 1.18 bits per heavy atom. The molecule has 1 saturated heterocycles. The zero-order valence-corrected chi connectivity index (χ0v) is 16.0. The van der Waals surface area contributed by atoms with Crippen molar-refractivity contribution in [2.24, 2.45) is 0 Å². The quantitative estimate of drug-likeness (QED) is 0.732. The molecule has 0 aliphatic carbocycles. The lowest BCUT2D eigenvalue weighted by atomic mass is 9.74. The van der Waals surface area contributed by atoms with Crippen LogP contribution in [0.3, 0.4) is 0 Å². The number of hydrogen-bond donors (Lipinski definition) is 1. The molecule has 2 aromatic carbocycles. The van der Waals surface area contributed by atoms with Crippen LogP contribution in [0.2, 0.25) is 5.02 Å². The van der Waals surface area contributed by atoms with Gasteiger partial charge in [-0.1, -0.05) is 41.9 Å². The second kappa shape index (κ2) is 7.41. The largest absolute Gasteiger partial charge is 0.451 e. The summed E-state index contributed by atoms with van der Waals surface area (Å²) in [6, 6.07) is 15.7. The van der Waals surface area contributed by atoms with Crippen LogP contribution >= 0.6 is 11.6 Å². The van der Waals surface area contributed by atoms with Crippen LogP contribution in [-0.4, -0.2) is 35.6 Å². The van der Waals surface area contributed by atoms with Crippen LogP contribution in [-0.2, 0) is 5.41 Å². The Kier molecular flexibility index (Phi) is 4.96. The maximum Gasteiger partial charge on any atom is 0.289 e. The van der Waals surface area contributed by atoms with Crippen molar-refractivity contribution in [3.8, 4) is 0 Å². The van der Waals surface area contributed by atoms with E-state index in [1.54, 1.807) is 17.0 Å². The Bertz CT molecular complexity index is 1080. The number of hydrogen-bond acceptors (Lipinski definition) is 4. The van der Waals surface area contributed by atoms with Crippen molar-refractivity contribution in [1.29, 1.82) is 0 Å². The first-order chi connectivity index (χ1) is 13.5. The van der Waals surface area contributed by atoms with Gasteiger partial charge >= 0.3 is 0 Å². The first kappa shape index (κ1) is 18.7. The van der Waals surface area contributed by atoms with Crippen molar-refractivity contribution in [3.63, 3.8) is 0 Å². The number of carbonyl (C=O) groups excluding carboxylic acids is 1. The summed E-state index contributed by atoms with van der Waals surface area (Å²) in [7, 11) is 0. The normalized spacial score (nSPS) is 19.7. The molecule has 4 rings (SSSR count). The molecule has 0 spiro atoms. The smallest absolute Gasteiger partial charge is 0.289 e. The molecular formula is C22H20ClNO4. The Balaban J connectivity index is 1.67. The van der Waals surface area contributed by atoms with Crippen molar-refractivity contribution in [1.82, 2.24) is 4.90 Å². The number of fused-ring (bicyclic) bond motifs is 1. The van der Waals surface area contributed by atoms with E-state index in [1.165, 1.54) is 12.1 Å². The molecule has 2 heterocycles. The summed E-state index contributed by atoms with van der Waals surface area (Å²) in [4.78, 5) is 27.2. The van der Waals surface area contributed by atoms with E-state index in [0.29, 0.717) is 29.1 Å². The number of nitrogens with zero attached hydrogens (tertiary/aromatic N) is 1. The fourth-order valence-electron chi connectivity index (χ4n) is 3.94. The highest BCUT2D eigenvalue weighted by atomic mass is 35.5. The van der Waals surface area contributed by atoms with Crippen molar-refractivity contribution in [3.05, 3.63) is 81.2 Å². The summed E-state index contributed by atoms with van der Waals surface area (Å²) in [6.45, 7) is 0.867. The van der Waals surface area contributed by atoms with Gasteiger partial charge in [0.25, 0.3) is 5.91 Å². The average Bonchev–Trinajstić information content (AvgIpc) is 2.74. The van der Waals surface area contributed by atoms with Crippen molar-refractivity contribution >= 4 is 28.5 Å². The van der Waals surface area contributed by atoms with Crippen LogP contribution in [0, 0.1) is 0 Å². The molecule has 28 heavy (non-hydrogen) atoms. The van der Waals surface area contributed by atoms with Crippen LogP contribution < -0.4 is 5.43 Å². The highest BCUT2D eigenvalue weighted by molar-refractivity contribution is 6.31. The van der Waals surface area contributed by atoms with Crippen LogP contribution in [0.1, 0.15) is 29.0 Å². The maximum atomic E-state index is 13.1. The van der Waals surface area contributed by atoms with E-state index in [-0.39, 0.29) is 23.7 Å². The van der Waals surface area contributed by atoms with Crippen molar-refractivity contribution in [2.45, 2.75) is 18.3 Å². The van der Waals surface area contributed by atoms with Gasteiger partial charge in [-0.3, -0.25) is 9.59 Å². The van der Waals surface area contributed by atoms with Gasteiger partial charge in [0, 0.05) is 29.6 Å². The molecule has 1 unspecified atom stereocenters. The zero-order valence-electron chi connectivity index (χ0n) is 15.2. The minimum atomic E-state index is -0.514. The minimum absolute atomic E-state index is 0.00150. The molecule has 0 radical (unpaired) electrons. The molecular weight excluding hydrogens is 378 g/mol. The second-order valence-corrected chi connectivity index (χ2v) is 7.69. The minimum Gasteiger partial charge on any atom is -0.451 e.